The smallest absolute Gasteiger partial charge is 0.134 e. The molecule has 4 nitrogen and oxygen atoms in total. The lowest BCUT2D eigenvalue weighted by molar-refractivity contribution is 0.378. The maximum absolute atomic E-state index is 4.44. The van der Waals surface area contributed by atoms with E-state index < -0.39 is 0 Å². The number of nitrogens with zero attached hydrogens (tertiary/aromatic N) is 2. The number of nitrogens with one attached hydrogen (secondary N) is 2. The SMILES string of the molecule is CCNc1ncnc(NC2CCC(C)(C)C2)c1CC. The van der Waals surface area contributed by atoms with Crippen molar-refractivity contribution in [3.63, 3.8) is 0 Å². The molecule has 19 heavy (non-hydrogen) atoms. The standard InChI is InChI=1S/C15H26N4/c1-5-12-13(16-6-2)17-10-18-14(12)19-11-7-8-15(3,4)9-11/h10-11H,5-9H2,1-4H3,(H2,16,17,18,19). The Morgan fingerprint density at radius 1 is 1.26 bits per heavy atom. The van der Waals surface area contributed by atoms with Gasteiger partial charge in [0.25, 0.3) is 0 Å². The average Bonchev–Trinajstić information content (AvgIpc) is 2.69. The van der Waals surface area contributed by atoms with Gasteiger partial charge in [-0.25, -0.2) is 9.97 Å². The number of hydrogen-bond acceptors (Lipinski definition) is 4. The molecule has 4 heteroatoms. The van der Waals surface area contributed by atoms with Gasteiger partial charge in [-0.15, -0.1) is 0 Å². The fraction of sp³-hybridized carbons (Fsp3) is 0.733. The van der Waals surface area contributed by atoms with Gasteiger partial charge in [0.1, 0.15) is 18.0 Å². The van der Waals surface area contributed by atoms with Crippen LogP contribution in [0.3, 0.4) is 0 Å². The topological polar surface area (TPSA) is 49.8 Å². The van der Waals surface area contributed by atoms with Crippen LogP contribution in [0.2, 0.25) is 0 Å². The summed E-state index contributed by atoms with van der Waals surface area (Å²) < 4.78 is 0. The summed E-state index contributed by atoms with van der Waals surface area (Å²) in [5.74, 6) is 1.98. The molecule has 1 unspecified atom stereocenters. The third-order valence-corrected chi connectivity index (χ3v) is 3.95. The van der Waals surface area contributed by atoms with E-state index in [-0.39, 0.29) is 0 Å². The first-order valence-electron chi connectivity index (χ1n) is 7.40. The molecule has 1 saturated carbocycles. The summed E-state index contributed by atoms with van der Waals surface area (Å²) in [5.41, 5.74) is 1.66. The molecule has 0 bridgehead atoms. The van der Waals surface area contributed by atoms with Gasteiger partial charge in [-0.2, -0.15) is 0 Å². The Labute approximate surface area is 116 Å². The van der Waals surface area contributed by atoms with Crippen LogP contribution < -0.4 is 10.6 Å². The maximum Gasteiger partial charge on any atom is 0.134 e. The third kappa shape index (κ3) is 3.37. The Bertz CT molecular complexity index is 428. The van der Waals surface area contributed by atoms with Crippen LogP contribution in [0.25, 0.3) is 0 Å². The second-order valence-electron chi connectivity index (χ2n) is 6.18. The molecule has 1 heterocycles. The van der Waals surface area contributed by atoms with E-state index in [1.807, 2.05) is 0 Å². The Kier molecular flexibility index (Phi) is 4.27. The molecule has 1 aromatic heterocycles. The minimum atomic E-state index is 0.460. The lowest BCUT2D eigenvalue weighted by atomic mass is 9.92. The van der Waals surface area contributed by atoms with Gasteiger partial charge in [-0.1, -0.05) is 20.8 Å². The van der Waals surface area contributed by atoms with Crippen LogP contribution in [0.4, 0.5) is 11.6 Å². The minimum Gasteiger partial charge on any atom is -0.370 e. The third-order valence-electron chi connectivity index (χ3n) is 3.95. The van der Waals surface area contributed by atoms with Gasteiger partial charge in [-0.3, -0.25) is 0 Å². The van der Waals surface area contributed by atoms with Gasteiger partial charge < -0.3 is 10.6 Å². The zero-order valence-electron chi connectivity index (χ0n) is 12.6. The predicted molar refractivity (Wildman–Crippen MR) is 80.6 cm³/mol. The summed E-state index contributed by atoms with van der Waals surface area (Å²) in [6, 6.07) is 0.546. The van der Waals surface area contributed by atoms with Crippen LogP contribution in [0, 0.1) is 5.41 Å². The van der Waals surface area contributed by atoms with Crippen molar-refractivity contribution in [3.8, 4) is 0 Å². The van der Waals surface area contributed by atoms with Crippen molar-refractivity contribution in [1.82, 2.24) is 9.97 Å². The highest BCUT2D eigenvalue weighted by Gasteiger charge is 2.31. The van der Waals surface area contributed by atoms with Gasteiger partial charge in [0.15, 0.2) is 0 Å². The largest absolute Gasteiger partial charge is 0.370 e. The summed E-state index contributed by atoms with van der Waals surface area (Å²) in [6.45, 7) is 9.83. The number of hydrogen-bond donors (Lipinski definition) is 2. The second-order valence-corrected chi connectivity index (χ2v) is 6.18. The van der Waals surface area contributed by atoms with E-state index >= 15 is 0 Å². The molecule has 2 rings (SSSR count). The van der Waals surface area contributed by atoms with Crippen LogP contribution in [0.15, 0.2) is 6.33 Å². The molecule has 0 saturated heterocycles. The second kappa shape index (κ2) is 5.76. The highest BCUT2D eigenvalue weighted by molar-refractivity contribution is 5.57. The highest BCUT2D eigenvalue weighted by Crippen LogP contribution is 2.38. The first-order chi connectivity index (χ1) is 9.05. The van der Waals surface area contributed by atoms with Crippen molar-refractivity contribution < 1.29 is 0 Å². The Balaban J connectivity index is 2.14. The molecule has 1 atom stereocenters. The number of aromatic nitrogens is 2. The molecular formula is C15H26N4. The van der Waals surface area contributed by atoms with E-state index in [0.29, 0.717) is 11.5 Å². The summed E-state index contributed by atoms with van der Waals surface area (Å²) in [7, 11) is 0. The normalized spacial score (nSPS) is 21.4. The highest BCUT2D eigenvalue weighted by atomic mass is 15.1. The zero-order chi connectivity index (χ0) is 13.9. The Morgan fingerprint density at radius 2 is 2.00 bits per heavy atom. The van der Waals surface area contributed by atoms with Crippen molar-refractivity contribution in [1.29, 1.82) is 0 Å². The number of anilines is 2. The summed E-state index contributed by atoms with van der Waals surface area (Å²) in [5, 5.41) is 6.94. The fourth-order valence-corrected chi connectivity index (χ4v) is 2.94. The van der Waals surface area contributed by atoms with E-state index in [1.165, 1.54) is 24.8 Å². The van der Waals surface area contributed by atoms with Crippen LogP contribution in [0.1, 0.15) is 52.5 Å². The van der Waals surface area contributed by atoms with Crippen molar-refractivity contribution in [2.24, 2.45) is 5.41 Å². The number of rotatable bonds is 5. The molecule has 2 N–H and O–H groups in total. The summed E-state index contributed by atoms with van der Waals surface area (Å²) >= 11 is 0. The van der Waals surface area contributed by atoms with E-state index in [1.54, 1.807) is 6.33 Å². The van der Waals surface area contributed by atoms with Gasteiger partial charge in [0.05, 0.1) is 0 Å². The molecule has 1 fully saturated rings. The molecule has 0 aliphatic heterocycles. The van der Waals surface area contributed by atoms with Crippen molar-refractivity contribution in [2.45, 2.75) is 59.4 Å². The molecule has 1 aliphatic carbocycles. The first kappa shape index (κ1) is 14.1. The van der Waals surface area contributed by atoms with Crippen LogP contribution in [-0.2, 0) is 6.42 Å². The minimum absolute atomic E-state index is 0.460. The molecule has 0 aromatic carbocycles. The molecular weight excluding hydrogens is 236 g/mol. The van der Waals surface area contributed by atoms with Crippen molar-refractivity contribution in [2.75, 3.05) is 17.2 Å². The van der Waals surface area contributed by atoms with E-state index in [4.69, 9.17) is 0 Å². The molecule has 1 aliphatic rings. The van der Waals surface area contributed by atoms with E-state index in [9.17, 15) is 0 Å². The van der Waals surface area contributed by atoms with Crippen molar-refractivity contribution in [3.05, 3.63) is 11.9 Å². The average molecular weight is 262 g/mol. The lowest BCUT2D eigenvalue weighted by Gasteiger charge is -2.20. The lowest BCUT2D eigenvalue weighted by Crippen LogP contribution is -2.20. The maximum atomic E-state index is 4.44. The van der Waals surface area contributed by atoms with E-state index in [0.717, 1.165) is 24.6 Å². The Morgan fingerprint density at radius 3 is 2.58 bits per heavy atom. The zero-order valence-corrected chi connectivity index (χ0v) is 12.6. The quantitative estimate of drug-likeness (QED) is 0.853. The monoisotopic (exact) mass is 262 g/mol. The van der Waals surface area contributed by atoms with Crippen LogP contribution in [-0.4, -0.2) is 22.6 Å². The summed E-state index contributed by atoms with van der Waals surface area (Å²) in [6.07, 6.45) is 6.34. The molecule has 1 aromatic rings. The van der Waals surface area contributed by atoms with Crippen molar-refractivity contribution >= 4 is 11.6 Å². The van der Waals surface area contributed by atoms with Gasteiger partial charge in [0.2, 0.25) is 0 Å². The van der Waals surface area contributed by atoms with Gasteiger partial charge in [0, 0.05) is 18.2 Å². The van der Waals surface area contributed by atoms with Gasteiger partial charge in [-0.05, 0) is 38.0 Å². The molecule has 0 radical (unpaired) electrons. The van der Waals surface area contributed by atoms with Crippen LogP contribution >= 0.6 is 0 Å². The molecule has 0 amide bonds. The Hall–Kier alpha value is -1.32. The van der Waals surface area contributed by atoms with E-state index in [2.05, 4.69) is 48.3 Å². The molecule has 0 spiro atoms. The van der Waals surface area contributed by atoms with Gasteiger partial charge >= 0.3 is 0 Å². The predicted octanol–water partition coefficient (Wildman–Crippen LogP) is 3.46. The first-order valence-corrected chi connectivity index (χ1v) is 7.40. The molecule has 106 valence electrons. The van der Waals surface area contributed by atoms with Crippen LogP contribution in [0.5, 0.6) is 0 Å². The fourth-order valence-electron chi connectivity index (χ4n) is 2.94. The summed E-state index contributed by atoms with van der Waals surface area (Å²) in [4.78, 5) is 8.78.